The first-order chi connectivity index (χ1) is 17.7. The van der Waals surface area contributed by atoms with Crippen molar-refractivity contribution in [2.24, 2.45) is 11.3 Å². The van der Waals surface area contributed by atoms with Crippen LogP contribution in [0.1, 0.15) is 16.7 Å². The number of rotatable bonds is 8. The monoisotopic (exact) mass is 536 g/mol. The van der Waals surface area contributed by atoms with Crippen LogP contribution in [-0.2, 0) is 40.7 Å². The molecule has 4 rings (SSSR count). The van der Waals surface area contributed by atoms with Crippen LogP contribution in [0, 0.1) is 25.2 Å². The molecular formula is C29H28O6S2. The summed E-state index contributed by atoms with van der Waals surface area (Å²) >= 11 is 0. The molecule has 0 amide bonds. The number of allylic oxidation sites excluding steroid dienone is 1. The molecule has 0 spiro atoms. The number of methoxy groups -OCH3 is 2. The van der Waals surface area contributed by atoms with Crippen molar-refractivity contribution in [3.05, 3.63) is 102 Å². The number of esters is 2. The zero-order chi connectivity index (χ0) is 26.8. The summed E-state index contributed by atoms with van der Waals surface area (Å²) in [6.07, 6.45) is 3.35. The van der Waals surface area contributed by atoms with Gasteiger partial charge in [0.25, 0.3) is 0 Å². The van der Waals surface area contributed by atoms with Gasteiger partial charge in [0.15, 0.2) is 4.08 Å². The number of aryl methyl sites for hydroxylation is 2. The van der Waals surface area contributed by atoms with E-state index in [-0.39, 0.29) is 0 Å². The van der Waals surface area contributed by atoms with Gasteiger partial charge in [-0.25, -0.2) is 0 Å². The third-order valence-corrected chi connectivity index (χ3v) is 11.2. The Kier molecular flexibility index (Phi) is 7.62. The van der Waals surface area contributed by atoms with Crippen LogP contribution in [0.5, 0.6) is 0 Å². The van der Waals surface area contributed by atoms with Crippen molar-refractivity contribution in [3.63, 3.8) is 0 Å². The molecule has 0 radical (unpaired) electrons. The van der Waals surface area contributed by atoms with E-state index in [2.05, 4.69) is 0 Å². The average Bonchev–Trinajstić information content (AvgIpc) is 3.56. The van der Waals surface area contributed by atoms with Crippen molar-refractivity contribution in [3.8, 4) is 0 Å². The second-order valence-electron chi connectivity index (χ2n) is 8.87. The Balaban J connectivity index is 2.00. The highest BCUT2D eigenvalue weighted by Gasteiger charge is 2.91. The molecule has 37 heavy (non-hydrogen) atoms. The van der Waals surface area contributed by atoms with Crippen LogP contribution >= 0.6 is 0 Å². The minimum Gasteiger partial charge on any atom is -0.468 e. The summed E-state index contributed by atoms with van der Waals surface area (Å²) < 4.78 is 37.3. The van der Waals surface area contributed by atoms with E-state index in [0.717, 1.165) is 30.9 Å². The van der Waals surface area contributed by atoms with Gasteiger partial charge in [-0.15, -0.1) is 0 Å². The summed E-state index contributed by atoms with van der Waals surface area (Å²) in [5.41, 5.74) is 0.595. The summed E-state index contributed by atoms with van der Waals surface area (Å²) in [5, 5.41) is 0. The minimum atomic E-state index is -2.09. The fraction of sp³-hybridized carbons (Fsp3) is 0.241. The third kappa shape index (κ3) is 4.28. The first-order valence-electron chi connectivity index (χ1n) is 11.6. The zero-order valence-corrected chi connectivity index (χ0v) is 22.6. The lowest BCUT2D eigenvalue weighted by Crippen LogP contribution is -2.42. The van der Waals surface area contributed by atoms with E-state index in [0.29, 0.717) is 9.79 Å². The van der Waals surface area contributed by atoms with Crippen molar-refractivity contribution in [2.45, 2.75) is 27.7 Å². The number of hydrogen-bond donors (Lipinski definition) is 0. The second kappa shape index (κ2) is 10.6. The summed E-state index contributed by atoms with van der Waals surface area (Å²) in [4.78, 5) is 27.7. The maximum atomic E-state index is 14.5. The van der Waals surface area contributed by atoms with Crippen LogP contribution in [-0.4, -0.2) is 38.7 Å². The SMILES string of the molecule is COC(=O)C1(C(=O)OC)[C@@H](/C=C/c2ccccc2)C1(S(=O)c1ccc(C)cc1)S(=O)c1ccc(C)cc1. The van der Waals surface area contributed by atoms with Gasteiger partial charge in [-0.2, -0.15) is 0 Å². The molecule has 0 heterocycles. The van der Waals surface area contributed by atoms with Gasteiger partial charge < -0.3 is 9.47 Å². The number of benzene rings is 3. The molecule has 8 heteroatoms. The molecule has 0 saturated heterocycles. The van der Waals surface area contributed by atoms with Gasteiger partial charge in [0.05, 0.1) is 35.8 Å². The maximum absolute atomic E-state index is 14.5. The van der Waals surface area contributed by atoms with E-state index in [9.17, 15) is 18.0 Å². The van der Waals surface area contributed by atoms with Crippen molar-refractivity contribution in [1.82, 2.24) is 0 Å². The van der Waals surface area contributed by atoms with Crippen molar-refractivity contribution in [2.75, 3.05) is 14.2 Å². The second-order valence-corrected chi connectivity index (χ2v) is 12.4. The molecule has 0 N–H and O–H groups in total. The number of carbonyl (C=O) groups is 2. The van der Waals surface area contributed by atoms with E-state index < -0.39 is 48.9 Å². The van der Waals surface area contributed by atoms with Crippen molar-refractivity contribution >= 4 is 39.6 Å². The van der Waals surface area contributed by atoms with E-state index in [4.69, 9.17) is 9.47 Å². The van der Waals surface area contributed by atoms with E-state index in [1.165, 1.54) is 0 Å². The molecule has 0 aliphatic heterocycles. The molecule has 6 nitrogen and oxygen atoms in total. The third-order valence-electron chi connectivity index (χ3n) is 6.66. The van der Waals surface area contributed by atoms with Crippen LogP contribution in [0.3, 0.4) is 0 Å². The van der Waals surface area contributed by atoms with Crippen LogP contribution in [0.4, 0.5) is 0 Å². The molecule has 3 atom stereocenters. The molecule has 2 unspecified atom stereocenters. The lowest BCUT2D eigenvalue weighted by molar-refractivity contribution is -0.161. The van der Waals surface area contributed by atoms with E-state index in [1.807, 2.05) is 44.2 Å². The Labute approximate surface area is 221 Å². The van der Waals surface area contributed by atoms with Crippen LogP contribution in [0.25, 0.3) is 6.08 Å². The highest BCUT2D eigenvalue weighted by molar-refractivity contribution is 8.05. The first kappa shape index (κ1) is 26.7. The Morgan fingerprint density at radius 3 is 1.57 bits per heavy atom. The highest BCUT2D eigenvalue weighted by Crippen LogP contribution is 2.71. The Morgan fingerprint density at radius 1 is 0.730 bits per heavy atom. The molecule has 0 aromatic heterocycles. The van der Waals surface area contributed by atoms with Gasteiger partial charge in [-0.3, -0.25) is 18.0 Å². The predicted molar refractivity (Wildman–Crippen MR) is 143 cm³/mol. The molecule has 1 aliphatic carbocycles. The summed E-state index contributed by atoms with van der Waals surface area (Å²) in [5.74, 6) is -2.92. The smallest absolute Gasteiger partial charge is 0.326 e. The fourth-order valence-corrected chi connectivity index (χ4v) is 9.32. The molecule has 1 fully saturated rings. The van der Waals surface area contributed by atoms with Crippen molar-refractivity contribution in [1.29, 1.82) is 0 Å². The molecule has 0 bridgehead atoms. The number of carbonyl (C=O) groups excluding carboxylic acids is 2. The normalized spacial score (nSPS) is 21.7. The highest BCUT2D eigenvalue weighted by atomic mass is 32.2. The molecule has 1 aliphatic rings. The molecule has 192 valence electrons. The first-order valence-corrected chi connectivity index (χ1v) is 13.9. The topological polar surface area (TPSA) is 86.7 Å². The van der Waals surface area contributed by atoms with Gasteiger partial charge in [-0.05, 0) is 43.7 Å². The zero-order valence-electron chi connectivity index (χ0n) is 21.0. The molecule has 1 saturated carbocycles. The predicted octanol–water partition coefficient (Wildman–Crippen LogP) is 4.59. The molecule has 3 aromatic carbocycles. The molecular weight excluding hydrogens is 508 g/mol. The Hall–Kier alpha value is -3.36. The maximum Gasteiger partial charge on any atom is 0.326 e. The Bertz CT molecular complexity index is 1300. The Morgan fingerprint density at radius 2 is 1.16 bits per heavy atom. The molecule has 3 aromatic rings. The van der Waals surface area contributed by atoms with Crippen molar-refractivity contribution < 1.29 is 27.5 Å². The lowest BCUT2D eigenvalue weighted by Gasteiger charge is -2.22. The number of hydrogen-bond acceptors (Lipinski definition) is 6. The quantitative estimate of drug-likeness (QED) is 0.309. The van der Waals surface area contributed by atoms with Gasteiger partial charge in [-0.1, -0.05) is 77.9 Å². The largest absolute Gasteiger partial charge is 0.468 e. The van der Waals surface area contributed by atoms with Gasteiger partial charge >= 0.3 is 11.9 Å². The van der Waals surface area contributed by atoms with Gasteiger partial charge in [0.1, 0.15) is 0 Å². The van der Waals surface area contributed by atoms with Crippen LogP contribution < -0.4 is 0 Å². The van der Waals surface area contributed by atoms with Gasteiger partial charge in [0, 0.05) is 15.7 Å². The van der Waals surface area contributed by atoms with Crippen LogP contribution in [0.2, 0.25) is 0 Å². The van der Waals surface area contributed by atoms with E-state index in [1.54, 1.807) is 60.7 Å². The minimum absolute atomic E-state index is 0.346. The summed E-state index contributed by atoms with van der Waals surface area (Å²) in [6.45, 7) is 3.78. The van der Waals surface area contributed by atoms with E-state index >= 15 is 0 Å². The fourth-order valence-electron chi connectivity index (χ4n) is 4.70. The lowest BCUT2D eigenvalue weighted by atomic mass is 10.0. The standard InChI is InChI=1S/C29H28O6S2/c1-20-10-15-23(16-11-20)36(32)29(37(33)24-17-12-21(2)13-18-24)25(19-14-22-8-6-5-7-9-22)28(29,26(30)34-3)27(31)35-4/h5-19,25H,1-4H3/b19-14+/t25-,29?,36?,37?/m1/s1. The summed E-state index contributed by atoms with van der Waals surface area (Å²) in [7, 11) is -1.86. The van der Waals surface area contributed by atoms with Crippen LogP contribution in [0.15, 0.2) is 94.7 Å². The van der Waals surface area contributed by atoms with Gasteiger partial charge in [0.2, 0.25) is 5.41 Å². The summed E-state index contributed by atoms with van der Waals surface area (Å²) in [6, 6.07) is 23.1. The average molecular weight is 537 g/mol. The number of ether oxygens (including phenoxy) is 2.